The number of H-pyrrole nitrogens is 1. The Hall–Kier alpha value is -3.35. The summed E-state index contributed by atoms with van der Waals surface area (Å²) in [5.41, 5.74) is 4.71. The van der Waals surface area contributed by atoms with Crippen LogP contribution in [0.25, 0.3) is 21.9 Å². The molecule has 7 heteroatoms. The summed E-state index contributed by atoms with van der Waals surface area (Å²) in [6.45, 7) is 7.55. The topological polar surface area (TPSA) is 76.0 Å². The molecule has 1 N–H and O–H groups in total. The second-order valence-corrected chi connectivity index (χ2v) is 8.94. The van der Waals surface area contributed by atoms with Crippen molar-refractivity contribution in [2.45, 2.75) is 45.6 Å². The molecule has 0 aliphatic carbocycles. The number of fused-ring (bicyclic) bond motifs is 2. The number of hydrogen-bond donors (Lipinski definition) is 1. The molecule has 1 aliphatic heterocycles. The van der Waals surface area contributed by atoms with Crippen LogP contribution >= 0.6 is 0 Å². The molecule has 166 valence electrons. The summed E-state index contributed by atoms with van der Waals surface area (Å²) < 4.78 is 7.31. The maximum Gasteiger partial charge on any atom is 0.255 e. The summed E-state index contributed by atoms with van der Waals surface area (Å²) in [7, 11) is 1.69. The fraction of sp³-hybridized carbons (Fsp3) is 0.400. The maximum atomic E-state index is 13.3. The van der Waals surface area contributed by atoms with E-state index >= 15 is 0 Å². The van der Waals surface area contributed by atoms with Crippen LogP contribution in [0.15, 0.2) is 36.7 Å². The van der Waals surface area contributed by atoms with Gasteiger partial charge in [-0.1, -0.05) is 0 Å². The minimum Gasteiger partial charge on any atom is -0.497 e. The van der Waals surface area contributed by atoms with E-state index in [-0.39, 0.29) is 11.9 Å². The van der Waals surface area contributed by atoms with Gasteiger partial charge in [-0.05, 0) is 69.4 Å². The molecule has 0 atom stereocenters. The highest BCUT2D eigenvalue weighted by molar-refractivity contribution is 5.98. The molecule has 4 aromatic rings. The van der Waals surface area contributed by atoms with Gasteiger partial charge < -0.3 is 14.6 Å². The third-order valence-corrected chi connectivity index (χ3v) is 6.62. The number of nitrogens with one attached hydrogen (secondary N) is 1. The van der Waals surface area contributed by atoms with E-state index in [1.165, 1.54) is 10.9 Å². The second kappa shape index (κ2) is 7.97. The van der Waals surface area contributed by atoms with Crippen molar-refractivity contribution in [3.8, 4) is 5.75 Å². The summed E-state index contributed by atoms with van der Waals surface area (Å²) in [6.07, 6.45) is 5.79. The Balaban J connectivity index is 1.34. The van der Waals surface area contributed by atoms with Gasteiger partial charge in [-0.3, -0.25) is 4.79 Å². The summed E-state index contributed by atoms with van der Waals surface area (Å²) in [5.74, 6) is 1.35. The molecule has 5 rings (SSSR count). The van der Waals surface area contributed by atoms with E-state index in [9.17, 15) is 4.79 Å². The van der Waals surface area contributed by atoms with E-state index in [1.54, 1.807) is 13.3 Å². The van der Waals surface area contributed by atoms with Crippen LogP contribution in [-0.2, 0) is 0 Å². The number of carbonyl (C=O) groups is 1. The lowest BCUT2D eigenvalue weighted by Crippen LogP contribution is -2.38. The number of benzene rings is 1. The summed E-state index contributed by atoms with van der Waals surface area (Å²) in [4.78, 5) is 23.4. The zero-order chi connectivity index (χ0) is 22.4. The van der Waals surface area contributed by atoms with Crippen LogP contribution < -0.4 is 4.74 Å². The van der Waals surface area contributed by atoms with E-state index in [0.29, 0.717) is 11.5 Å². The molecule has 1 aliphatic rings. The third-order valence-electron chi connectivity index (χ3n) is 6.62. The maximum absolute atomic E-state index is 13.3. The molecule has 4 heterocycles. The SMILES string of the molecule is COc1ccc2[nH]cc(C3CCN(C(=O)c4cc5cnn(C(C)C)c5nc4C)CC3)c2c1. The van der Waals surface area contributed by atoms with Gasteiger partial charge in [0, 0.05) is 41.6 Å². The molecule has 7 nitrogen and oxygen atoms in total. The average Bonchev–Trinajstić information content (AvgIpc) is 3.41. The number of aromatic nitrogens is 4. The molecule has 1 fully saturated rings. The van der Waals surface area contributed by atoms with Crippen molar-refractivity contribution >= 4 is 27.8 Å². The van der Waals surface area contributed by atoms with Gasteiger partial charge in [0.1, 0.15) is 5.75 Å². The van der Waals surface area contributed by atoms with E-state index in [1.807, 2.05) is 28.6 Å². The lowest BCUT2D eigenvalue weighted by atomic mass is 9.89. The number of carbonyl (C=O) groups excluding carboxylic acids is 1. The van der Waals surface area contributed by atoms with Crippen molar-refractivity contribution in [1.82, 2.24) is 24.6 Å². The fourth-order valence-corrected chi connectivity index (χ4v) is 4.81. The molecule has 1 amide bonds. The molecular formula is C25H29N5O2. The Bertz CT molecular complexity index is 1290. The van der Waals surface area contributed by atoms with E-state index in [2.05, 4.69) is 42.3 Å². The van der Waals surface area contributed by atoms with Crippen LogP contribution in [0.1, 0.15) is 60.3 Å². The summed E-state index contributed by atoms with van der Waals surface area (Å²) >= 11 is 0. The number of ether oxygens (including phenoxy) is 1. The Kier molecular flexibility index (Phi) is 5.12. The number of pyridine rings is 1. The van der Waals surface area contributed by atoms with E-state index < -0.39 is 0 Å². The molecule has 3 aromatic heterocycles. The van der Waals surface area contributed by atoms with Crippen LogP contribution in [0.5, 0.6) is 5.75 Å². The predicted octanol–water partition coefficient (Wildman–Crippen LogP) is 4.83. The van der Waals surface area contributed by atoms with Crippen LogP contribution in [0, 0.1) is 6.92 Å². The minimum atomic E-state index is 0.0632. The standard InChI is InChI=1S/C25H29N5O2/c1-15(2)30-24-18(13-27-30)11-20(16(3)28-24)25(31)29-9-7-17(8-10-29)22-14-26-23-6-5-19(32-4)12-21(22)23/h5-6,11-15,17,26H,7-10H2,1-4H3. The van der Waals surface area contributed by atoms with Crippen molar-refractivity contribution in [2.75, 3.05) is 20.2 Å². The lowest BCUT2D eigenvalue weighted by molar-refractivity contribution is 0.0712. The van der Waals surface area contributed by atoms with E-state index in [0.717, 1.165) is 53.9 Å². The molecule has 0 unspecified atom stereocenters. The average molecular weight is 432 g/mol. The highest BCUT2D eigenvalue weighted by Gasteiger charge is 2.27. The van der Waals surface area contributed by atoms with Crippen LogP contribution in [0.4, 0.5) is 0 Å². The van der Waals surface area contributed by atoms with Crippen molar-refractivity contribution < 1.29 is 9.53 Å². The number of amides is 1. The number of methoxy groups -OCH3 is 1. The van der Waals surface area contributed by atoms with Crippen molar-refractivity contribution in [3.05, 3.63) is 53.5 Å². The number of hydrogen-bond acceptors (Lipinski definition) is 4. The summed E-state index contributed by atoms with van der Waals surface area (Å²) in [6, 6.07) is 8.31. The van der Waals surface area contributed by atoms with Gasteiger partial charge in [0.05, 0.1) is 24.6 Å². The fourth-order valence-electron chi connectivity index (χ4n) is 4.81. The van der Waals surface area contributed by atoms with Gasteiger partial charge >= 0.3 is 0 Å². The molecule has 1 saturated heterocycles. The predicted molar refractivity (Wildman–Crippen MR) is 125 cm³/mol. The number of aromatic amines is 1. The first-order valence-electron chi connectivity index (χ1n) is 11.3. The number of aryl methyl sites for hydroxylation is 1. The van der Waals surface area contributed by atoms with Gasteiger partial charge in [-0.25, -0.2) is 9.67 Å². The van der Waals surface area contributed by atoms with Crippen LogP contribution in [0.2, 0.25) is 0 Å². The van der Waals surface area contributed by atoms with Crippen LogP contribution in [0.3, 0.4) is 0 Å². The zero-order valence-corrected chi connectivity index (χ0v) is 19.1. The Morgan fingerprint density at radius 2 is 2.00 bits per heavy atom. The number of nitrogens with zero attached hydrogens (tertiary/aromatic N) is 4. The molecular weight excluding hydrogens is 402 g/mol. The Labute approximate surface area is 187 Å². The molecule has 1 aromatic carbocycles. The molecule has 0 bridgehead atoms. The van der Waals surface area contributed by atoms with Gasteiger partial charge in [0.25, 0.3) is 5.91 Å². The van der Waals surface area contributed by atoms with Gasteiger partial charge in [0.15, 0.2) is 5.65 Å². The highest BCUT2D eigenvalue weighted by atomic mass is 16.5. The Morgan fingerprint density at radius 1 is 1.22 bits per heavy atom. The monoisotopic (exact) mass is 431 g/mol. The molecule has 0 saturated carbocycles. The first kappa shape index (κ1) is 20.5. The zero-order valence-electron chi connectivity index (χ0n) is 19.1. The first-order valence-corrected chi connectivity index (χ1v) is 11.3. The quantitative estimate of drug-likeness (QED) is 0.502. The lowest BCUT2D eigenvalue weighted by Gasteiger charge is -2.32. The minimum absolute atomic E-state index is 0.0632. The smallest absolute Gasteiger partial charge is 0.255 e. The summed E-state index contributed by atoms with van der Waals surface area (Å²) in [5, 5.41) is 6.56. The number of likely N-dealkylation sites (tertiary alicyclic amines) is 1. The van der Waals surface area contributed by atoms with E-state index in [4.69, 9.17) is 9.72 Å². The number of piperidine rings is 1. The van der Waals surface area contributed by atoms with Crippen molar-refractivity contribution in [3.63, 3.8) is 0 Å². The normalized spacial score (nSPS) is 15.2. The van der Waals surface area contributed by atoms with Crippen molar-refractivity contribution in [2.24, 2.45) is 0 Å². The Morgan fingerprint density at radius 3 is 2.72 bits per heavy atom. The first-order chi connectivity index (χ1) is 15.5. The van der Waals surface area contributed by atoms with Gasteiger partial charge in [-0.15, -0.1) is 0 Å². The van der Waals surface area contributed by atoms with Crippen LogP contribution in [-0.4, -0.2) is 50.8 Å². The van der Waals surface area contributed by atoms with Crippen molar-refractivity contribution in [1.29, 1.82) is 0 Å². The molecule has 32 heavy (non-hydrogen) atoms. The third kappa shape index (κ3) is 3.42. The second-order valence-electron chi connectivity index (χ2n) is 8.94. The van der Waals surface area contributed by atoms with Gasteiger partial charge in [-0.2, -0.15) is 5.10 Å². The number of rotatable bonds is 4. The molecule has 0 spiro atoms. The molecule has 0 radical (unpaired) electrons. The largest absolute Gasteiger partial charge is 0.497 e. The van der Waals surface area contributed by atoms with Gasteiger partial charge in [0.2, 0.25) is 0 Å². The highest BCUT2D eigenvalue weighted by Crippen LogP contribution is 2.35.